The summed E-state index contributed by atoms with van der Waals surface area (Å²) >= 11 is 0. The van der Waals surface area contributed by atoms with Gasteiger partial charge in [-0.2, -0.15) is 13.2 Å². The first-order valence-electron chi connectivity index (χ1n) is 6.45. The molecule has 110 valence electrons. The van der Waals surface area contributed by atoms with Crippen molar-refractivity contribution >= 4 is 5.91 Å². The van der Waals surface area contributed by atoms with Gasteiger partial charge in [-0.05, 0) is 37.0 Å². The van der Waals surface area contributed by atoms with Crippen molar-refractivity contribution in [3.8, 4) is 0 Å². The first-order valence-corrected chi connectivity index (χ1v) is 6.45. The highest BCUT2D eigenvalue weighted by atomic mass is 19.4. The number of carbonyl (C=O) groups excluding carboxylic acids is 1. The van der Waals surface area contributed by atoms with E-state index in [4.69, 9.17) is 0 Å². The first-order chi connectivity index (χ1) is 9.29. The third-order valence-corrected chi connectivity index (χ3v) is 3.46. The molecule has 0 bridgehead atoms. The SMILES string of the molecule is CC1CCCN(C(=O)c2cc(F)ccc2C(F)(F)F)C1. The van der Waals surface area contributed by atoms with Crippen molar-refractivity contribution < 1.29 is 22.4 Å². The highest BCUT2D eigenvalue weighted by molar-refractivity contribution is 5.96. The monoisotopic (exact) mass is 289 g/mol. The summed E-state index contributed by atoms with van der Waals surface area (Å²) in [6.07, 6.45) is -2.97. The van der Waals surface area contributed by atoms with Crippen LogP contribution in [0.15, 0.2) is 18.2 Å². The second-order valence-corrected chi connectivity index (χ2v) is 5.19. The number of rotatable bonds is 1. The maximum absolute atomic E-state index is 13.2. The van der Waals surface area contributed by atoms with Crippen molar-refractivity contribution in [2.24, 2.45) is 5.92 Å². The molecule has 20 heavy (non-hydrogen) atoms. The van der Waals surface area contributed by atoms with E-state index in [1.165, 1.54) is 4.90 Å². The van der Waals surface area contributed by atoms with Gasteiger partial charge in [-0.25, -0.2) is 4.39 Å². The Balaban J connectivity index is 2.35. The number of hydrogen-bond acceptors (Lipinski definition) is 1. The number of likely N-dealkylation sites (tertiary alicyclic amines) is 1. The highest BCUT2D eigenvalue weighted by Crippen LogP contribution is 2.33. The van der Waals surface area contributed by atoms with E-state index in [1.807, 2.05) is 6.92 Å². The maximum atomic E-state index is 13.2. The van der Waals surface area contributed by atoms with Crippen LogP contribution in [0.1, 0.15) is 35.7 Å². The summed E-state index contributed by atoms with van der Waals surface area (Å²) in [5, 5.41) is 0. The topological polar surface area (TPSA) is 20.3 Å². The van der Waals surface area contributed by atoms with Gasteiger partial charge in [-0.1, -0.05) is 6.92 Å². The molecule has 0 N–H and O–H groups in total. The zero-order valence-corrected chi connectivity index (χ0v) is 11.0. The molecule has 1 saturated heterocycles. The maximum Gasteiger partial charge on any atom is 0.417 e. The minimum absolute atomic E-state index is 0.246. The van der Waals surface area contributed by atoms with Crippen LogP contribution in [0.5, 0.6) is 0 Å². The Bertz CT molecular complexity index is 512. The van der Waals surface area contributed by atoms with Crippen LogP contribution in [0, 0.1) is 11.7 Å². The van der Waals surface area contributed by atoms with Crippen LogP contribution < -0.4 is 0 Å². The van der Waals surface area contributed by atoms with Gasteiger partial charge < -0.3 is 4.90 Å². The number of piperidine rings is 1. The molecular formula is C14H15F4NO. The summed E-state index contributed by atoms with van der Waals surface area (Å²) in [5.74, 6) is -1.34. The average Bonchev–Trinajstić information content (AvgIpc) is 2.36. The van der Waals surface area contributed by atoms with Crippen LogP contribution in [0.25, 0.3) is 0 Å². The number of halogens is 4. The third kappa shape index (κ3) is 3.11. The van der Waals surface area contributed by atoms with Gasteiger partial charge in [-0.15, -0.1) is 0 Å². The molecule has 1 atom stereocenters. The fourth-order valence-corrected chi connectivity index (χ4v) is 2.48. The van der Waals surface area contributed by atoms with Crippen LogP contribution in [0.4, 0.5) is 17.6 Å². The standard InChI is InChI=1S/C14H15F4NO/c1-9-3-2-6-19(8-9)13(20)11-7-10(15)4-5-12(11)14(16,17)18/h4-5,7,9H,2-3,6,8H2,1H3. The van der Waals surface area contributed by atoms with Crippen molar-refractivity contribution in [3.05, 3.63) is 35.1 Å². The van der Waals surface area contributed by atoms with E-state index in [0.717, 1.165) is 18.9 Å². The molecule has 1 unspecified atom stereocenters. The minimum atomic E-state index is -4.67. The van der Waals surface area contributed by atoms with Crippen molar-refractivity contribution in [1.82, 2.24) is 4.90 Å². The van der Waals surface area contributed by atoms with Crippen LogP contribution in [0.2, 0.25) is 0 Å². The van der Waals surface area contributed by atoms with Gasteiger partial charge in [0.1, 0.15) is 5.82 Å². The predicted octanol–water partition coefficient (Wildman–Crippen LogP) is 3.72. The lowest BCUT2D eigenvalue weighted by Crippen LogP contribution is -2.39. The molecular weight excluding hydrogens is 274 g/mol. The second kappa shape index (κ2) is 5.42. The van der Waals surface area contributed by atoms with Crippen LogP contribution >= 0.6 is 0 Å². The molecule has 1 aromatic rings. The first kappa shape index (κ1) is 14.8. The Labute approximate surface area is 114 Å². The van der Waals surface area contributed by atoms with Crippen molar-refractivity contribution in [1.29, 1.82) is 0 Å². The van der Waals surface area contributed by atoms with Gasteiger partial charge in [-0.3, -0.25) is 4.79 Å². The lowest BCUT2D eigenvalue weighted by atomic mass is 9.98. The van der Waals surface area contributed by atoms with Gasteiger partial charge in [0, 0.05) is 13.1 Å². The number of amides is 1. The molecule has 1 aliphatic heterocycles. The number of alkyl halides is 3. The Kier molecular flexibility index (Phi) is 4.01. The molecule has 6 heteroatoms. The Morgan fingerprint density at radius 2 is 2.05 bits per heavy atom. The van der Waals surface area contributed by atoms with Crippen LogP contribution in [-0.4, -0.2) is 23.9 Å². The predicted molar refractivity (Wildman–Crippen MR) is 65.7 cm³/mol. The molecule has 1 amide bonds. The fourth-order valence-electron chi connectivity index (χ4n) is 2.48. The smallest absolute Gasteiger partial charge is 0.338 e. The zero-order chi connectivity index (χ0) is 14.9. The van der Waals surface area contributed by atoms with Crippen LogP contribution in [0.3, 0.4) is 0 Å². The van der Waals surface area contributed by atoms with Gasteiger partial charge in [0.2, 0.25) is 0 Å². The second-order valence-electron chi connectivity index (χ2n) is 5.19. The Morgan fingerprint density at radius 1 is 1.35 bits per heavy atom. The van der Waals surface area contributed by atoms with E-state index in [0.29, 0.717) is 25.2 Å². The van der Waals surface area contributed by atoms with Crippen molar-refractivity contribution in [2.75, 3.05) is 13.1 Å². The van der Waals surface area contributed by atoms with E-state index in [1.54, 1.807) is 0 Å². The lowest BCUT2D eigenvalue weighted by Gasteiger charge is -2.31. The highest BCUT2D eigenvalue weighted by Gasteiger charge is 2.37. The fraction of sp³-hybridized carbons (Fsp3) is 0.500. The lowest BCUT2D eigenvalue weighted by molar-refractivity contribution is -0.138. The molecule has 0 aromatic heterocycles. The molecule has 1 aliphatic rings. The number of carbonyl (C=O) groups is 1. The molecule has 2 nitrogen and oxygen atoms in total. The number of nitrogens with zero attached hydrogens (tertiary/aromatic N) is 1. The van der Waals surface area contributed by atoms with E-state index < -0.39 is 29.0 Å². The van der Waals surface area contributed by atoms with Gasteiger partial charge >= 0.3 is 6.18 Å². The molecule has 1 fully saturated rings. The summed E-state index contributed by atoms with van der Waals surface area (Å²) in [6, 6.07) is 2.01. The van der Waals surface area contributed by atoms with Gasteiger partial charge in [0.05, 0.1) is 11.1 Å². The van der Waals surface area contributed by atoms with Crippen LogP contribution in [-0.2, 0) is 6.18 Å². The Hall–Kier alpha value is -1.59. The molecule has 1 heterocycles. The molecule has 0 aliphatic carbocycles. The molecule has 2 rings (SSSR count). The summed E-state index contributed by atoms with van der Waals surface area (Å²) in [4.78, 5) is 13.6. The molecule has 0 radical (unpaired) electrons. The zero-order valence-electron chi connectivity index (χ0n) is 11.0. The Morgan fingerprint density at radius 3 is 2.65 bits per heavy atom. The number of benzene rings is 1. The largest absolute Gasteiger partial charge is 0.417 e. The number of hydrogen-bond donors (Lipinski definition) is 0. The van der Waals surface area contributed by atoms with Gasteiger partial charge in [0.25, 0.3) is 5.91 Å². The van der Waals surface area contributed by atoms with Crippen molar-refractivity contribution in [2.45, 2.75) is 25.9 Å². The molecule has 0 spiro atoms. The van der Waals surface area contributed by atoms with Gasteiger partial charge in [0.15, 0.2) is 0 Å². The van der Waals surface area contributed by atoms with E-state index in [2.05, 4.69) is 0 Å². The average molecular weight is 289 g/mol. The third-order valence-electron chi connectivity index (χ3n) is 3.46. The summed E-state index contributed by atoms with van der Waals surface area (Å²) in [5.41, 5.74) is -1.69. The van der Waals surface area contributed by atoms with E-state index in [-0.39, 0.29) is 5.92 Å². The minimum Gasteiger partial charge on any atom is -0.338 e. The summed E-state index contributed by atoms with van der Waals surface area (Å²) in [7, 11) is 0. The van der Waals surface area contributed by atoms with E-state index >= 15 is 0 Å². The summed E-state index contributed by atoms with van der Waals surface area (Å²) < 4.78 is 51.9. The molecule has 0 saturated carbocycles. The normalized spacial score (nSPS) is 20.1. The summed E-state index contributed by atoms with van der Waals surface area (Å²) in [6.45, 7) is 2.76. The molecule has 1 aromatic carbocycles. The van der Waals surface area contributed by atoms with E-state index in [9.17, 15) is 22.4 Å². The van der Waals surface area contributed by atoms with Crippen molar-refractivity contribution in [3.63, 3.8) is 0 Å². The quantitative estimate of drug-likeness (QED) is 0.722.